The Bertz CT molecular complexity index is 1880. The average molecular weight is 848 g/mol. The van der Waals surface area contributed by atoms with Crippen LogP contribution in [-0.4, -0.2) is 75.9 Å². The minimum atomic E-state index is -1.48. The molecule has 0 aliphatic rings. The zero-order valence-corrected chi connectivity index (χ0v) is 31.0. The molecule has 0 aliphatic carbocycles. The van der Waals surface area contributed by atoms with Gasteiger partial charge in [0.25, 0.3) is 11.8 Å². The van der Waals surface area contributed by atoms with Crippen LogP contribution in [0.15, 0.2) is 86.8 Å². The number of thiocarbonyl (C=S) groups is 2. The summed E-state index contributed by atoms with van der Waals surface area (Å²) in [5, 5.41) is 43.9. The molecule has 0 saturated heterocycles. The van der Waals surface area contributed by atoms with E-state index >= 15 is 0 Å². The Balaban J connectivity index is 1.37. The normalized spacial score (nSPS) is 11.5. The van der Waals surface area contributed by atoms with Crippen LogP contribution in [0.3, 0.4) is 0 Å². The number of nitrogens with one attached hydrogen (secondary N) is 6. The molecular weight excluding hydrogens is 814 g/mol. The second kappa shape index (κ2) is 19.1. The van der Waals surface area contributed by atoms with E-state index in [0.717, 1.165) is 22.6 Å². The summed E-state index contributed by atoms with van der Waals surface area (Å²) in [5.74, 6) is -2.09. The summed E-state index contributed by atoms with van der Waals surface area (Å²) >= 11 is 17.0. The molecule has 0 bridgehead atoms. The fourth-order valence-electron chi connectivity index (χ4n) is 4.38. The summed E-state index contributed by atoms with van der Waals surface area (Å²) in [6.45, 7) is 1.23. The molecule has 0 saturated carbocycles. The van der Waals surface area contributed by atoms with Crippen molar-refractivity contribution in [1.29, 1.82) is 0 Å². The number of aliphatic hydroxyl groups excluding tert-OH is 1. The number of rotatable bonds is 14. The van der Waals surface area contributed by atoms with Gasteiger partial charge in [-0.3, -0.25) is 20.4 Å². The molecule has 1 unspecified atom stereocenters. The molecule has 4 aromatic carbocycles. The quantitative estimate of drug-likeness (QED) is 0.0290. The number of anilines is 2. The Hall–Kier alpha value is -4.39. The van der Waals surface area contributed by atoms with Crippen molar-refractivity contribution in [3.8, 4) is 11.5 Å². The van der Waals surface area contributed by atoms with Crippen LogP contribution in [0.25, 0.3) is 10.8 Å². The summed E-state index contributed by atoms with van der Waals surface area (Å²) in [4.78, 5) is 27.3. The molecule has 2 amide bonds. The SMILES string of the molecule is O=C(N/N=C\c1cc(Br)c(O)c(Br)c1O)C(Nc1ccc2ccccc2c1)C(=O)NNC(=S)Nc1ccc(CC(=S)NCCOCCO)cc1. The van der Waals surface area contributed by atoms with Crippen molar-refractivity contribution in [3.05, 3.63) is 92.9 Å². The monoisotopic (exact) mass is 845 g/mol. The summed E-state index contributed by atoms with van der Waals surface area (Å²) in [6, 6.07) is 20.3. The number of fused-ring (bicyclic) bond motifs is 1. The number of halogens is 2. The van der Waals surface area contributed by atoms with E-state index in [4.69, 9.17) is 34.3 Å². The minimum Gasteiger partial charge on any atom is -0.506 e. The number of amides is 2. The maximum absolute atomic E-state index is 13.3. The van der Waals surface area contributed by atoms with Gasteiger partial charge in [-0.15, -0.1) is 0 Å². The van der Waals surface area contributed by atoms with Gasteiger partial charge in [0.2, 0.25) is 0 Å². The number of ether oxygens (including phenoxy) is 1. The topological polar surface area (TPSA) is 189 Å². The predicted molar refractivity (Wildman–Crippen MR) is 208 cm³/mol. The van der Waals surface area contributed by atoms with Gasteiger partial charge in [-0.25, -0.2) is 5.43 Å². The van der Waals surface area contributed by atoms with Crippen LogP contribution in [-0.2, 0) is 20.7 Å². The molecule has 17 heteroatoms. The summed E-state index contributed by atoms with van der Waals surface area (Å²) in [5.41, 5.74) is 9.66. The van der Waals surface area contributed by atoms with Gasteiger partial charge in [0, 0.05) is 29.9 Å². The molecule has 4 rings (SSSR count). The smallest absolute Gasteiger partial charge is 0.272 e. The highest BCUT2D eigenvalue weighted by Crippen LogP contribution is 2.40. The Morgan fingerprint density at radius 3 is 2.34 bits per heavy atom. The van der Waals surface area contributed by atoms with Crippen LogP contribution < -0.4 is 32.2 Å². The number of phenols is 2. The van der Waals surface area contributed by atoms with E-state index < -0.39 is 17.9 Å². The first-order chi connectivity index (χ1) is 24.0. The highest BCUT2D eigenvalue weighted by atomic mass is 79.9. The van der Waals surface area contributed by atoms with E-state index in [1.165, 1.54) is 6.07 Å². The molecule has 9 N–H and O–H groups in total. The van der Waals surface area contributed by atoms with Crippen LogP contribution in [0.1, 0.15) is 11.1 Å². The molecule has 262 valence electrons. The lowest BCUT2D eigenvalue weighted by Gasteiger charge is -2.19. The van der Waals surface area contributed by atoms with Gasteiger partial charge in [0.15, 0.2) is 11.2 Å². The molecule has 13 nitrogen and oxygen atoms in total. The third kappa shape index (κ3) is 11.3. The fraction of sp³-hybridized carbons (Fsp3) is 0.182. The molecule has 50 heavy (non-hydrogen) atoms. The van der Waals surface area contributed by atoms with Crippen LogP contribution >= 0.6 is 56.3 Å². The fourth-order valence-corrected chi connectivity index (χ4v) is 5.97. The number of benzene rings is 4. The first-order valence-corrected chi connectivity index (χ1v) is 17.3. The third-order valence-corrected chi connectivity index (χ3v) is 8.69. The summed E-state index contributed by atoms with van der Waals surface area (Å²) < 4.78 is 5.53. The van der Waals surface area contributed by atoms with E-state index in [1.54, 1.807) is 24.3 Å². The lowest BCUT2D eigenvalue weighted by molar-refractivity contribution is -0.130. The number of hydrazine groups is 1. The van der Waals surface area contributed by atoms with Crippen LogP contribution in [0.4, 0.5) is 11.4 Å². The van der Waals surface area contributed by atoms with Crippen molar-refractivity contribution >= 4 is 107 Å². The molecule has 0 spiro atoms. The molecule has 4 aromatic rings. The first kappa shape index (κ1) is 38.4. The maximum Gasteiger partial charge on any atom is 0.272 e. The van der Waals surface area contributed by atoms with Crippen molar-refractivity contribution in [2.45, 2.75) is 12.5 Å². The number of phenolic OH excluding ortho intramolecular Hbond substituents is 2. The summed E-state index contributed by atoms with van der Waals surface area (Å²) in [7, 11) is 0. The highest BCUT2D eigenvalue weighted by molar-refractivity contribution is 9.11. The van der Waals surface area contributed by atoms with Gasteiger partial charge in [0.1, 0.15) is 16.0 Å². The largest absolute Gasteiger partial charge is 0.506 e. The van der Waals surface area contributed by atoms with Gasteiger partial charge in [-0.05, 0) is 90.7 Å². The Morgan fingerprint density at radius 1 is 0.880 bits per heavy atom. The lowest BCUT2D eigenvalue weighted by Crippen LogP contribution is -2.54. The zero-order valence-electron chi connectivity index (χ0n) is 26.2. The number of hydrogen-bond donors (Lipinski definition) is 9. The second-order valence-corrected chi connectivity index (χ2v) is 13.0. The van der Waals surface area contributed by atoms with Crippen molar-refractivity contribution in [2.75, 3.05) is 37.0 Å². The number of aliphatic hydroxyl groups is 1. The summed E-state index contributed by atoms with van der Waals surface area (Å²) in [6.07, 6.45) is 1.69. The van der Waals surface area contributed by atoms with E-state index in [1.807, 2.05) is 42.5 Å². The van der Waals surface area contributed by atoms with E-state index in [2.05, 4.69) is 69.2 Å². The number of carbonyl (C=O) groups is 2. The molecule has 0 heterocycles. The van der Waals surface area contributed by atoms with Crippen molar-refractivity contribution in [3.63, 3.8) is 0 Å². The van der Waals surface area contributed by atoms with Gasteiger partial charge < -0.3 is 36.0 Å². The molecule has 1 atom stereocenters. The van der Waals surface area contributed by atoms with E-state index in [0.29, 0.717) is 35.9 Å². The molecule has 0 fully saturated rings. The van der Waals surface area contributed by atoms with Gasteiger partial charge in [-0.1, -0.05) is 54.7 Å². The number of nitrogens with zero attached hydrogens (tertiary/aromatic N) is 1. The standard InChI is InChI=1S/C33H33Br2N7O6S2/c34-25-17-22(29(44)27(35)30(25)45)18-37-40-31(46)28(38-24-10-7-20-3-1-2-4-21(20)16-24)32(47)41-42-33(50)39-23-8-5-19(6-9-23)15-26(49)36-11-13-48-14-12-43/h1-10,16-18,28,38,43-45H,11-15H2,(H,36,49)(H,40,46)(H,41,47)(H2,39,42,50)/b37-18-. The van der Waals surface area contributed by atoms with Gasteiger partial charge in [0.05, 0.1) is 35.5 Å². The average Bonchev–Trinajstić information content (AvgIpc) is 3.11. The Kier molecular flexibility index (Phi) is 14.7. The van der Waals surface area contributed by atoms with Crippen molar-refractivity contribution < 1.29 is 29.6 Å². The van der Waals surface area contributed by atoms with Crippen molar-refractivity contribution in [1.82, 2.24) is 21.6 Å². The Labute approximate surface area is 315 Å². The van der Waals surface area contributed by atoms with Gasteiger partial charge in [-0.2, -0.15) is 5.10 Å². The second-order valence-electron chi connectivity index (χ2n) is 10.5. The predicted octanol–water partition coefficient (Wildman–Crippen LogP) is 4.19. The Morgan fingerprint density at radius 2 is 1.60 bits per heavy atom. The lowest BCUT2D eigenvalue weighted by atomic mass is 10.1. The number of hydrogen-bond acceptors (Lipinski definition) is 10. The van der Waals surface area contributed by atoms with Crippen molar-refractivity contribution in [2.24, 2.45) is 5.10 Å². The molecule has 0 radical (unpaired) electrons. The van der Waals surface area contributed by atoms with E-state index in [9.17, 15) is 19.8 Å². The molecular formula is C33H33Br2N7O6S2. The first-order valence-electron chi connectivity index (χ1n) is 14.9. The molecule has 0 aromatic heterocycles. The highest BCUT2D eigenvalue weighted by Gasteiger charge is 2.27. The zero-order chi connectivity index (χ0) is 36.0. The van der Waals surface area contributed by atoms with E-state index in [-0.39, 0.29) is 44.3 Å². The number of hydrazone groups is 1. The van der Waals surface area contributed by atoms with Crippen LogP contribution in [0.5, 0.6) is 11.5 Å². The minimum absolute atomic E-state index is 0.0266. The maximum atomic E-state index is 13.3. The molecule has 0 aliphatic heterocycles. The van der Waals surface area contributed by atoms with Crippen LogP contribution in [0, 0.1) is 0 Å². The van der Waals surface area contributed by atoms with Gasteiger partial charge >= 0.3 is 0 Å². The third-order valence-electron chi connectivity index (χ3n) is 6.84. The van der Waals surface area contributed by atoms with Crippen LogP contribution in [0.2, 0.25) is 0 Å². The number of aromatic hydroxyl groups is 2. The number of carbonyl (C=O) groups excluding carboxylic acids is 2.